The summed E-state index contributed by atoms with van der Waals surface area (Å²) < 4.78 is 6.95. The van der Waals surface area contributed by atoms with Gasteiger partial charge in [-0.2, -0.15) is 0 Å². The SMILES string of the molecule is CNC(c1occc1C)c1csc2ccccc12. The number of furan rings is 1. The second-order valence-electron chi connectivity index (χ2n) is 4.38. The highest BCUT2D eigenvalue weighted by Gasteiger charge is 2.20. The van der Waals surface area contributed by atoms with Gasteiger partial charge in [0.15, 0.2) is 0 Å². The minimum absolute atomic E-state index is 0.121. The molecule has 1 unspecified atom stereocenters. The fourth-order valence-corrected chi connectivity index (χ4v) is 3.32. The van der Waals surface area contributed by atoms with Crippen molar-refractivity contribution < 1.29 is 4.42 Å². The van der Waals surface area contributed by atoms with E-state index in [9.17, 15) is 0 Å². The van der Waals surface area contributed by atoms with Gasteiger partial charge in [0.1, 0.15) is 5.76 Å². The van der Waals surface area contributed by atoms with Crippen LogP contribution in [0.5, 0.6) is 0 Å². The largest absolute Gasteiger partial charge is 0.467 e. The molecule has 3 heteroatoms. The van der Waals surface area contributed by atoms with E-state index >= 15 is 0 Å². The second-order valence-corrected chi connectivity index (χ2v) is 5.29. The van der Waals surface area contributed by atoms with Crippen molar-refractivity contribution in [3.63, 3.8) is 0 Å². The molecule has 1 aromatic carbocycles. The number of thiophene rings is 1. The van der Waals surface area contributed by atoms with Crippen LogP contribution in [0.4, 0.5) is 0 Å². The Kier molecular flexibility index (Phi) is 2.94. The van der Waals surface area contributed by atoms with Gasteiger partial charge in [-0.25, -0.2) is 0 Å². The summed E-state index contributed by atoms with van der Waals surface area (Å²) >= 11 is 1.78. The van der Waals surface area contributed by atoms with Gasteiger partial charge < -0.3 is 9.73 Å². The molecule has 2 heterocycles. The van der Waals surface area contributed by atoms with E-state index in [1.54, 1.807) is 17.6 Å². The summed E-state index contributed by atoms with van der Waals surface area (Å²) in [6.45, 7) is 2.08. The highest BCUT2D eigenvalue weighted by molar-refractivity contribution is 7.17. The van der Waals surface area contributed by atoms with Gasteiger partial charge in [-0.1, -0.05) is 18.2 Å². The summed E-state index contributed by atoms with van der Waals surface area (Å²) in [7, 11) is 1.97. The van der Waals surface area contributed by atoms with Crippen LogP contribution in [0.25, 0.3) is 10.1 Å². The van der Waals surface area contributed by atoms with Crippen molar-refractivity contribution in [3.05, 3.63) is 58.9 Å². The molecule has 18 heavy (non-hydrogen) atoms. The molecule has 1 atom stereocenters. The van der Waals surface area contributed by atoms with Gasteiger partial charge in [0.05, 0.1) is 12.3 Å². The van der Waals surface area contributed by atoms with Gasteiger partial charge in [-0.15, -0.1) is 11.3 Å². The smallest absolute Gasteiger partial charge is 0.128 e. The van der Waals surface area contributed by atoms with Crippen LogP contribution >= 0.6 is 11.3 Å². The maximum atomic E-state index is 5.63. The lowest BCUT2D eigenvalue weighted by Crippen LogP contribution is -2.17. The van der Waals surface area contributed by atoms with Crippen LogP contribution in [0.1, 0.15) is 22.9 Å². The molecule has 0 saturated heterocycles. The zero-order valence-corrected chi connectivity index (χ0v) is 11.3. The summed E-state index contributed by atoms with van der Waals surface area (Å²) in [5.41, 5.74) is 2.47. The first-order chi connectivity index (χ1) is 8.81. The van der Waals surface area contributed by atoms with Gasteiger partial charge in [-0.3, -0.25) is 0 Å². The van der Waals surface area contributed by atoms with Crippen molar-refractivity contribution in [2.45, 2.75) is 13.0 Å². The molecule has 0 saturated carbocycles. The van der Waals surface area contributed by atoms with E-state index in [-0.39, 0.29) is 6.04 Å². The van der Waals surface area contributed by atoms with Crippen LogP contribution in [0, 0.1) is 6.92 Å². The molecule has 3 rings (SSSR count). The van der Waals surface area contributed by atoms with E-state index < -0.39 is 0 Å². The highest BCUT2D eigenvalue weighted by Crippen LogP contribution is 2.34. The van der Waals surface area contributed by atoms with Crippen LogP contribution in [-0.4, -0.2) is 7.05 Å². The Morgan fingerprint density at radius 2 is 2.06 bits per heavy atom. The number of rotatable bonds is 3. The number of hydrogen-bond acceptors (Lipinski definition) is 3. The van der Waals surface area contributed by atoms with E-state index in [1.807, 2.05) is 13.1 Å². The second kappa shape index (κ2) is 4.59. The normalized spacial score (nSPS) is 13.0. The summed E-state index contributed by atoms with van der Waals surface area (Å²) in [6, 6.07) is 10.6. The van der Waals surface area contributed by atoms with E-state index in [0.717, 1.165) is 5.76 Å². The number of nitrogens with one attached hydrogen (secondary N) is 1. The molecule has 0 aliphatic carbocycles. The van der Waals surface area contributed by atoms with Gasteiger partial charge >= 0.3 is 0 Å². The topological polar surface area (TPSA) is 25.2 Å². The Hall–Kier alpha value is -1.58. The number of aryl methyl sites for hydroxylation is 1. The lowest BCUT2D eigenvalue weighted by molar-refractivity contribution is 0.462. The first-order valence-electron chi connectivity index (χ1n) is 5.98. The fourth-order valence-electron chi connectivity index (χ4n) is 2.33. The standard InChI is InChI=1S/C15H15NOS/c1-10-7-8-17-15(10)14(16-2)12-9-18-13-6-4-3-5-11(12)13/h3-9,14,16H,1-2H3. The molecule has 0 aliphatic heterocycles. The molecule has 2 aromatic heterocycles. The van der Waals surface area contributed by atoms with Crippen LogP contribution in [0.15, 0.2) is 46.4 Å². The van der Waals surface area contributed by atoms with Crippen molar-refractivity contribution in [2.75, 3.05) is 7.05 Å². The third-order valence-corrected chi connectivity index (χ3v) is 4.26. The van der Waals surface area contributed by atoms with Crippen molar-refractivity contribution in [2.24, 2.45) is 0 Å². The average molecular weight is 257 g/mol. The average Bonchev–Trinajstić information content (AvgIpc) is 2.99. The number of hydrogen-bond donors (Lipinski definition) is 1. The summed E-state index contributed by atoms with van der Waals surface area (Å²) in [5, 5.41) is 6.87. The van der Waals surface area contributed by atoms with Gasteiger partial charge in [0.25, 0.3) is 0 Å². The van der Waals surface area contributed by atoms with Gasteiger partial charge in [0, 0.05) is 4.70 Å². The maximum Gasteiger partial charge on any atom is 0.128 e. The molecule has 2 nitrogen and oxygen atoms in total. The highest BCUT2D eigenvalue weighted by atomic mass is 32.1. The summed E-state index contributed by atoms with van der Waals surface area (Å²) in [6.07, 6.45) is 1.75. The first-order valence-corrected chi connectivity index (χ1v) is 6.86. The predicted octanol–water partition coefficient (Wildman–Crippen LogP) is 4.11. The molecular weight excluding hydrogens is 242 g/mol. The quantitative estimate of drug-likeness (QED) is 0.763. The Labute approximate surface area is 110 Å². The fraction of sp³-hybridized carbons (Fsp3) is 0.200. The van der Waals surface area contributed by atoms with E-state index in [0.29, 0.717) is 0 Å². The lowest BCUT2D eigenvalue weighted by Gasteiger charge is -2.14. The van der Waals surface area contributed by atoms with Gasteiger partial charge in [-0.05, 0) is 48.0 Å². The zero-order valence-electron chi connectivity index (χ0n) is 10.4. The van der Waals surface area contributed by atoms with Crippen LogP contribution in [0.2, 0.25) is 0 Å². The van der Waals surface area contributed by atoms with E-state index in [4.69, 9.17) is 4.42 Å². The molecule has 0 bridgehead atoms. The van der Waals surface area contributed by atoms with Crippen molar-refractivity contribution in [3.8, 4) is 0 Å². The number of fused-ring (bicyclic) bond motifs is 1. The van der Waals surface area contributed by atoms with Crippen LogP contribution < -0.4 is 5.32 Å². The Morgan fingerprint density at radius 1 is 1.22 bits per heavy atom. The van der Waals surface area contributed by atoms with Crippen LogP contribution in [0.3, 0.4) is 0 Å². The van der Waals surface area contributed by atoms with Crippen molar-refractivity contribution in [1.29, 1.82) is 0 Å². The van der Waals surface area contributed by atoms with E-state index in [2.05, 4.69) is 41.9 Å². The minimum Gasteiger partial charge on any atom is -0.467 e. The Bertz CT molecular complexity index is 668. The zero-order chi connectivity index (χ0) is 12.5. The number of benzene rings is 1. The molecule has 0 amide bonds. The molecule has 3 aromatic rings. The van der Waals surface area contributed by atoms with Crippen molar-refractivity contribution >= 4 is 21.4 Å². The first kappa shape index (κ1) is 11.5. The predicted molar refractivity (Wildman–Crippen MR) is 76.2 cm³/mol. The van der Waals surface area contributed by atoms with E-state index in [1.165, 1.54) is 21.2 Å². The monoisotopic (exact) mass is 257 g/mol. The molecule has 0 fully saturated rings. The Morgan fingerprint density at radius 3 is 2.78 bits per heavy atom. The maximum absolute atomic E-state index is 5.63. The Balaban J connectivity index is 2.15. The molecular formula is C15H15NOS. The molecule has 92 valence electrons. The molecule has 1 N–H and O–H groups in total. The molecule has 0 aliphatic rings. The summed E-state index contributed by atoms with van der Waals surface area (Å²) in [5.74, 6) is 1.00. The van der Waals surface area contributed by atoms with Crippen molar-refractivity contribution in [1.82, 2.24) is 5.32 Å². The molecule has 0 spiro atoms. The summed E-state index contributed by atoms with van der Waals surface area (Å²) in [4.78, 5) is 0. The third kappa shape index (κ3) is 1.76. The van der Waals surface area contributed by atoms with Crippen LogP contribution in [-0.2, 0) is 0 Å². The van der Waals surface area contributed by atoms with Gasteiger partial charge in [0.2, 0.25) is 0 Å². The lowest BCUT2D eigenvalue weighted by atomic mass is 10.0. The third-order valence-electron chi connectivity index (χ3n) is 3.27. The molecule has 0 radical (unpaired) electrons. The minimum atomic E-state index is 0.121.